The van der Waals surface area contributed by atoms with Gasteiger partial charge >= 0.3 is 0 Å². The SMILES string of the molecule is COc1cc(C2=CCNCC2)ccc1OCCCO. The second-order valence-electron chi connectivity index (χ2n) is 4.47. The molecule has 2 rings (SSSR count). The molecule has 104 valence electrons. The second-order valence-corrected chi connectivity index (χ2v) is 4.47. The van der Waals surface area contributed by atoms with E-state index in [1.807, 2.05) is 12.1 Å². The molecule has 0 saturated heterocycles. The van der Waals surface area contributed by atoms with Crippen molar-refractivity contribution < 1.29 is 14.6 Å². The molecule has 0 unspecified atom stereocenters. The number of hydrogen-bond donors (Lipinski definition) is 2. The minimum absolute atomic E-state index is 0.139. The maximum absolute atomic E-state index is 8.76. The summed E-state index contributed by atoms with van der Waals surface area (Å²) in [4.78, 5) is 0. The van der Waals surface area contributed by atoms with Crippen molar-refractivity contribution in [1.82, 2.24) is 5.32 Å². The summed E-state index contributed by atoms with van der Waals surface area (Å²) in [6, 6.07) is 6.02. The number of ether oxygens (including phenoxy) is 2. The lowest BCUT2D eigenvalue weighted by molar-refractivity contribution is 0.228. The van der Waals surface area contributed by atoms with Gasteiger partial charge in [-0.25, -0.2) is 0 Å². The summed E-state index contributed by atoms with van der Waals surface area (Å²) in [5, 5.41) is 12.1. The van der Waals surface area contributed by atoms with Crippen LogP contribution in [0.5, 0.6) is 11.5 Å². The fourth-order valence-corrected chi connectivity index (χ4v) is 2.12. The zero-order valence-corrected chi connectivity index (χ0v) is 11.3. The van der Waals surface area contributed by atoms with Crippen LogP contribution in [0.15, 0.2) is 24.3 Å². The van der Waals surface area contributed by atoms with Gasteiger partial charge in [0.15, 0.2) is 11.5 Å². The fourth-order valence-electron chi connectivity index (χ4n) is 2.12. The Balaban J connectivity index is 2.13. The first-order valence-corrected chi connectivity index (χ1v) is 6.67. The average Bonchev–Trinajstić information content (AvgIpc) is 2.48. The number of methoxy groups -OCH3 is 1. The molecule has 1 aromatic carbocycles. The van der Waals surface area contributed by atoms with Crippen LogP contribution in [0, 0.1) is 0 Å². The summed E-state index contributed by atoms with van der Waals surface area (Å²) in [7, 11) is 1.65. The van der Waals surface area contributed by atoms with E-state index in [2.05, 4.69) is 17.5 Å². The fraction of sp³-hybridized carbons (Fsp3) is 0.467. The Morgan fingerprint density at radius 3 is 2.89 bits per heavy atom. The Morgan fingerprint density at radius 1 is 1.32 bits per heavy atom. The molecule has 0 amide bonds. The largest absolute Gasteiger partial charge is 0.493 e. The number of nitrogens with one attached hydrogen (secondary N) is 1. The predicted octanol–water partition coefficient (Wildman–Crippen LogP) is 1.83. The van der Waals surface area contributed by atoms with Gasteiger partial charge in [0.2, 0.25) is 0 Å². The highest BCUT2D eigenvalue weighted by Gasteiger charge is 2.10. The monoisotopic (exact) mass is 263 g/mol. The van der Waals surface area contributed by atoms with Crippen LogP contribution in [0.1, 0.15) is 18.4 Å². The molecule has 19 heavy (non-hydrogen) atoms. The molecule has 0 aliphatic carbocycles. The first-order valence-electron chi connectivity index (χ1n) is 6.67. The number of aliphatic hydroxyl groups excluding tert-OH is 1. The van der Waals surface area contributed by atoms with Crippen LogP contribution in [0.3, 0.4) is 0 Å². The highest BCUT2D eigenvalue weighted by molar-refractivity contribution is 5.69. The minimum atomic E-state index is 0.139. The Labute approximate surface area is 114 Å². The lowest BCUT2D eigenvalue weighted by Crippen LogP contribution is -2.20. The van der Waals surface area contributed by atoms with Gasteiger partial charge < -0.3 is 19.9 Å². The molecule has 0 spiro atoms. The van der Waals surface area contributed by atoms with Crippen molar-refractivity contribution >= 4 is 5.57 Å². The molecular weight excluding hydrogens is 242 g/mol. The van der Waals surface area contributed by atoms with Crippen molar-refractivity contribution in [2.75, 3.05) is 33.4 Å². The van der Waals surface area contributed by atoms with Crippen molar-refractivity contribution in [3.63, 3.8) is 0 Å². The molecular formula is C15H21NO3. The van der Waals surface area contributed by atoms with Gasteiger partial charge in [0.1, 0.15) is 0 Å². The molecule has 4 nitrogen and oxygen atoms in total. The van der Waals surface area contributed by atoms with E-state index < -0.39 is 0 Å². The first kappa shape index (κ1) is 13.9. The van der Waals surface area contributed by atoms with Crippen molar-refractivity contribution in [3.05, 3.63) is 29.8 Å². The van der Waals surface area contributed by atoms with Gasteiger partial charge in [-0.3, -0.25) is 0 Å². The molecule has 4 heteroatoms. The topological polar surface area (TPSA) is 50.7 Å². The van der Waals surface area contributed by atoms with Crippen LogP contribution in [-0.2, 0) is 0 Å². The Hall–Kier alpha value is -1.52. The third-order valence-electron chi connectivity index (χ3n) is 3.16. The maximum atomic E-state index is 8.76. The standard InChI is InChI=1S/C15H21NO3/c1-18-15-11-13(12-5-7-16-8-6-12)3-4-14(15)19-10-2-9-17/h3-5,11,16-17H,2,6-10H2,1H3. The minimum Gasteiger partial charge on any atom is -0.493 e. The van der Waals surface area contributed by atoms with Gasteiger partial charge in [-0.05, 0) is 36.2 Å². The predicted molar refractivity (Wildman–Crippen MR) is 75.7 cm³/mol. The molecule has 0 bridgehead atoms. The van der Waals surface area contributed by atoms with E-state index in [9.17, 15) is 0 Å². The van der Waals surface area contributed by atoms with Crippen LogP contribution >= 0.6 is 0 Å². The van der Waals surface area contributed by atoms with Crippen LogP contribution < -0.4 is 14.8 Å². The van der Waals surface area contributed by atoms with Crippen molar-refractivity contribution in [2.45, 2.75) is 12.8 Å². The molecule has 0 aromatic heterocycles. The first-order chi connectivity index (χ1) is 9.35. The molecule has 0 radical (unpaired) electrons. The highest BCUT2D eigenvalue weighted by Crippen LogP contribution is 2.32. The summed E-state index contributed by atoms with van der Waals surface area (Å²) in [6.07, 6.45) is 3.88. The van der Waals surface area contributed by atoms with E-state index in [4.69, 9.17) is 14.6 Å². The number of benzene rings is 1. The lowest BCUT2D eigenvalue weighted by atomic mass is 10.00. The Morgan fingerprint density at radius 2 is 2.21 bits per heavy atom. The van der Waals surface area contributed by atoms with Gasteiger partial charge in [0.25, 0.3) is 0 Å². The van der Waals surface area contributed by atoms with Gasteiger partial charge in [-0.15, -0.1) is 0 Å². The highest BCUT2D eigenvalue weighted by atomic mass is 16.5. The van der Waals surface area contributed by atoms with Crippen LogP contribution in [0.2, 0.25) is 0 Å². The third kappa shape index (κ3) is 3.72. The summed E-state index contributed by atoms with van der Waals surface area (Å²) in [5.74, 6) is 1.48. The maximum Gasteiger partial charge on any atom is 0.161 e. The summed E-state index contributed by atoms with van der Waals surface area (Å²) in [5.41, 5.74) is 2.53. The molecule has 0 saturated carbocycles. The molecule has 1 heterocycles. The Kier molecular flexibility index (Phi) is 5.24. The summed E-state index contributed by atoms with van der Waals surface area (Å²) in [6.45, 7) is 2.58. The third-order valence-corrected chi connectivity index (χ3v) is 3.16. The zero-order valence-electron chi connectivity index (χ0n) is 11.3. The summed E-state index contributed by atoms with van der Waals surface area (Å²) < 4.78 is 11.0. The zero-order chi connectivity index (χ0) is 13.5. The van der Waals surface area contributed by atoms with Gasteiger partial charge in [0, 0.05) is 19.6 Å². The number of rotatable bonds is 6. The van der Waals surface area contributed by atoms with Gasteiger partial charge in [-0.1, -0.05) is 12.1 Å². The molecule has 1 aliphatic rings. The molecule has 1 aliphatic heterocycles. The Bertz CT molecular complexity index is 443. The molecule has 0 fully saturated rings. The van der Waals surface area contributed by atoms with Crippen LogP contribution in [-0.4, -0.2) is 38.5 Å². The van der Waals surface area contributed by atoms with Crippen molar-refractivity contribution in [2.24, 2.45) is 0 Å². The van der Waals surface area contributed by atoms with E-state index in [1.165, 1.54) is 11.1 Å². The number of aliphatic hydroxyl groups is 1. The van der Waals surface area contributed by atoms with Crippen molar-refractivity contribution in [1.29, 1.82) is 0 Å². The normalized spacial score (nSPS) is 14.9. The summed E-state index contributed by atoms with van der Waals surface area (Å²) >= 11 is 0. The molecule has 0 atom stereocenters. The van der Waals surface area contributed by atoms with Crippen LogP contribution in [0.4, 0.5) is 0 Å². The second kappa shape index (κ2) is 7.16. The molecule has 1 aromatic rings. The number of hydrogen-bond acceptors (Lipinski definition) is 4. The average molecular weight is 263 g/mol. The van der Waals surface area contributed by atoms with Gasteiger partial charge in [0.05, 0.1) is 13.7 Å². The van der Waals surface area contributed by atoms with E-state index in [1.54, 1.807) is 7.11 Å². The van der Waals surface area contributed by atoms with Crippen LogP contribution in [0.25, 0.3) is 5.57 Å². The smallest absolute Gasteiger partial charge is 0.161 e. The van der Waals surface area contributed by atoms with E-state index in [0.29, 0.717) is 13.0 Å². The van der Waals surface area contributed by atoms with Gasteiger partial charge in [-0.2, -0.15) is 0 Å². The molecule has 2 N–H and O–H groups in total. The van der Waals surface area contributed by atoms with E-state index >= 15 is 0 Å². The van der Waals surface area contributed by atoms with E-state index in [0.717, 1.165) is 31.0 Å². The van der Waals surface area contributed by atoms with E-state index in [-0.39, 0.29) is 6.61 Å². The quantitative estimate of drug-likeness (QED) is 0.769. The van der Waals surface area contributed by atoms with Crippen molar-refractivity contribution in [3.8, 4) is 11.5 Å². The lowest BCUT2D eigenvalue weighted by Gasteiger charge is -2.16.